The van der Waals surface area contributed by atoms with Crippen LogP contribution in [0.15, 0.2) is 0 Å². The van der Waals surface area contributed by atoms with Crippen LogP contribution in [0.3, 0.4) is 0 Å². The van der Waals surface area contributed by atoms with Gasteiger partial charge in [0.15, 0.2) is 0 Å². The van der Waals surface area contributed by atoms with Crippen LogP contribution in [0, 0.1) is 0 Å². The molecular weight excluding hydrogens is 1060 g/mol. The Morgan fingerprint density at radius 1 is 0.202 bits per heavy atom. The number of esters is 1. The minimum absolute atomic E-state index is 0.0546. The van der Waals surface area contributed by atoms with Gasteiger partial charge in [-0.15, -0.1) is 0 Å². The minimum Gasteiger partial charge on any atom is -0.466 e. The van der Waals surface area contributed by atoms with E-state index in [1.807, 2.05) is 0 Å². The van der Waals surface area contributed by atoms with Crippen molar-refractivity contribution in [2.75, 3.05) is 6.61 Å². The Bertz CT molecular complexity index is 1260. The molecule has 0 fully saturated rings. The highest BCUT2D eigenvalue weighted by molar-refractivity contribution is 6.65. The molecule has 0 aliphatic carbocycles. The molecule has 0 N–H and O–H groups in total. The van der Waals surface area contributed by atoms with Crippen molar-refractivity contribution in [3.05, 3.63) is 0 Å². The zero-order valence-electron chi connectivity index (χ0n) is 57.1. The van der Waals surface area contributed by atoms with E-state index in [4.69, 9.17) is 18.0 Å². The van der Waals surface area contributed by atoms with E-state index < -0.39 is 26.7 Å². The van der Waals surface area contributed by atoms with Crippen LogP contribution in [0.25, 0.3) is 0 Å². The maximum absolute atomic E-state index is 13.8. The molecule has 0 aromatic rings. The van der Waals surface area contributed by atoms with Gasteiger partial charge in [0, 0.05) is 25.7 Å². The lowest BCUT2D eigenvalue weighted by Gasteiger charge is -2.28. The molecule has 0 aliphatic heterocycles. The molecule has 0 unspecified atom stereocenters. The lowest BCUT2D eigenvalue weighted by molar-refractivity contribution is -0.152. The number of rotatable bonds is 71. The van der Waals surface area contributed by atoms with Crippen molar-refractivity contribution in [1.82, 2.24) is 0 Å². The van der Waals surface area contributed by atoms with Gasteiger partial charge in [-0.25, -0.2) is 0 Å². The van der Waals surface area contributed by atoms with Gasteiger partial charge >= 0.3 is 14.8 Å². The molecule has 0 radical (unpaired) electrons. The van der Waals surface area contributed by atoms with Gasteiger partial charge in [0.2, 0.25) is 0 Å². The van der Waals surface area contributed by atoms with Gasteiger partial charge in [0.25, 0.3) is 17.9 Å². The van der Waals surface area contributed by atoms with Crippen LogP contribution >= 0.6 is 0 Å². The molecule has 0 heterocycles. The van der Waals surface area contributed by atoms with E-state index in [2.05, 4.69) is 27.7 Å². The Kier molecular flexibility index (Phi) is 67.0. The second kappa shape index (κ2) is 68.6. The van der Waals surface area contributed by atoms with Gasteiger partial charge in [-0.2, -0.15) is 0 Å². The molecule has 0 aliphatic rings. The van der Waals surface area contributed by atoms with Crippen LogP contribution in [0.2, 0.25) is 6.04 Å². The van der Waals surface area contributed by atoms with Crippen LogP contribution in [0.4, 0.5) is 0 Å². The van der Waals surface area contributed by atoms with E-state index in [9.17, 15) is 19.2 Å². The van der Waals surface area contributed by atoms with E-state index in [-0.39, 0.29) is 44.3 Å². The standard InChI is InChI=1S/C75H146O8Si/c1-5-9-13-17-21-25-29-33-37-41-45-49-53-57-61-66-72(76)80-70-65-71-84(81-73(77)67-62-58-54-50-46-42-38-34-30-26-22-18-14-10-6-2,82-74(78)68-63-59-55-51-47-43-39-35-31-27-23-19-15-11-7-3)83-75(79)69-64-60-56-52-48-44-40-36-32-28-24-20-16-12-8-4/h5-71H2,1-4H3. The molecule has 0 atom stereocenters. The molecule has 0 aromatic heterocycles. The first-order valence-electron chi connectivity index (χ1n) is 38.1. The van der Waals surface area contributed by atoms with Crippen molar-refractivity contribution in [1.29, 1.82) is 0 Å². The highest BCUT2D eigenvalue weighted by atomic mass is 28.4. The molecule has 0 saturated carbocycles. The monoisotopic (exact) mass is 1200 g/mol. The first kappa shape index (κ1) is 82.1. The number of hydrogen-bond acceptors (Lipinski definition) is 8. The summed E-state index contributed by atoms with van der Waals surface area (Å²) < 4.78 is 24.3. The number of ether oxygens (including phenoxy) is 1. The highest BCUT2D eigenvalue weighted by Gasteiger charge is 2.52. The average molecular weight is 1200 g/mol. The van der Waals surface area contributed by atoms with Gasteiger partial charge in [0.1, 0.15) is 0 Å². The van der Waals surface area contributed by atoms with E-state index in [1.165, 1.54) is 289 Å². The lowest BCUT2D eigenvalue weighted by atomic mass is 10.0. The third-order valence-electron chi connectivity index (χ3n) is 17.6. The highest BCUT2D eigenvalue weighted by Crippen LogP contribution is 2.25. The molecule has 0 aromatic carbocycles. The number of carbonyl (C=O) groups excluding carboxylic acids is 4. The van der Waals surface area contributed by atoms with E-state index in [0.717, 1.165) is 77.0 Å². The Balaban J connectivity index is 5.40. The average Bonchev–Trinajstić information content (AvgIpc) is 3.64. The first-order chi connectivity index (χ1) is 41.3. The first-order valence-corrected chi connectivity index (χ1v) is 40.1. The van der Waals surface area contributed by atoms with Crippen molar-refractivity contribution in [2.24, 2.45) is 0 Å². The second-order valence-electron chi connectivity index (χ2n) is 26.2. The van der Waals surface area contributed by atoms with E-state index in [0.29, 0.717) is 25.7 Å². The fourth-order valence-electron chi connectivity index (χ4n) is 12.0. The van der Waals surface area contributed by atoms with Crippen molar-refractivity contribution in [3.63, 3.8) is 0 Å². The third-order valence-corrected chi connectivity index (χ3v) is 20.2. The fraction of sp³-hybridized carbons (Fsp3) is 0.947. The Labute approximate surface area is 525 Å². The Morgan fingerprint density at radius 2 is 0.357 bits per heavy atom. The maximum Gasteiger partial charge on any atom is 0.705 e. The van der Waals surface area contributed by atoms with Crippen LogP contribution in [0.1, 0.15) is 445 Å². The SMILES string of the molecule is CCCCCCCCCCCCCCCCCC(=O)OCCC[Si](OC(=O)CCCCCCCCCCCCCCCCC)(OC(=O)CCCCCCCCCCCCCCCCC)OC(=O)CCCCCCCCCCCCCCCCC. The summed E-state index contributed by atoms with van der Waals surface area (Å²) in [7, 11) is -4.19. The summed E-state index contributed by atoms with van der Waals surface area (Å²) in [6, 6.07) is 0.0546. The normalized spacial score (nSPS) is 11.6. The maximum atomic E-state index is 13.8. The zero-order chi connectivity index (χ0) is 61.0. The van der Waals surface area contributed by atoms with Crippen LogP contribution < -0.4 is 0 Å². The summed E-state index contributed by atoms with van der Waals surface area (Å²) >= 11 is 0. The minimum atomic E-state index is -4.19. The van der Waals surface area contributed by atoms with Crippen molar-refractivity contribution in [3.8, 4) is 0 Å². The summed E-state index contributed by atoms with van der Waals surface area (Å²) in [6.45, 7) is 9.20. The van der Waals surface area contributed by atoms with Crippen molar-refractivity contribution < 1.29 is 37.2 Å². The third kappa shape index (κ3) is 63.1. The molecule has 0 saturated heterocycles. The van der Waals surface area contributed by atoms with E-state index >= 15 is 0 Å². The quantitative estimate of drug-likeness (QED) is 0.0337. The van der Waals surface area contributed by atoms with Gasteiger partial charge in [-0.1, -0.05) is 387 Å². The predicted molar refractivity (Wildman–Crippen MR) is 363 cm³/mol. The van der Waals surface area contributed by atoms with Crippen LogP contribution in [-0.4, -0.2) is 39.3 Å². The molecule has 0 rings (SSSR count). The van der Waals surface area contributed by atoms with Gasteiger partial charge in [-0.3, -0.25) is 19.2 Å². The summed E-state index contributed by atoms with van der Waals surface area (Å²) in [5.41, 5.74) is 0. The van der Waals surface area contributed by atoms with Gasteiger partial charge in [0.05, 0.1) is 12.7 Å². The van der Waals surface area contributed by atoms with Gasteiger partial charge in [-0.05, 0) is 32.1 Å². The summed E-state index contributed by atoms with van der Waals surface area (Å²) in [5.74, 6) is -1.65. The Morgan fingerprint density at radius 3 is 0.536 bits per heavy atom. The molecular formula is C75H146O8Si. The predicted octanol–water partition coefficient (Wildman–Crippen LogP) is 25.5. The molecule has 0 spiro atoms. The van der Waals surface area contributed by atoms with Crippen LogP contribution in [0.5, 0.6) is 0 Å². The van der Waals surface area contributed by atoms with Gasteiger partial charge < -0.3 is 18.0 Å². The smallest absolute Gasteiger partial charge is 0.466 e. The molecule has 9 heteroatoms. The molecule has 498 valence electrons. The second-order valence-corrected chi connectivity index (χ2v) is 28.7. The number of hydrogen-bond donors (Lipinski definition) is 0. The zero-order valence-corrected chi connectivity index (χ0v) is 58.1. The summed E-state index contributed by atoms with van der Waals surface area (Å²) in [4.78, 5) is 54.3. The molecule has 0 amide bonds. The fourth-order valence-corrected chi connectivity index (χ4v) is 14.4. The summed E-state index contributed by atoms with van der Waals surface area (Å²) in [6.07, 6.45) is 75.9. The number of carbonyl (C=O) groups is 4. The summed E-state index contributed by atoms with van der Waals surface area (Å²) in [5, 5.41) is 0. The lowest BCUT2D eigenvalue weighted by Crippen LogP contribution is -2.50. The van der Waals surface area contributed by atoms with Crippen molar-refractivity contribution in [2.45, 2.75) is 451 Å². The van der Waals surface area contributed by atoms with Crippen LogP contribution in [-0.2, 0) is 37.2 Å². The molecule has 84 heavy (non-hydrogen) atoms. The van der Waals surface area contributed by atoms with Crippen molar-refractivity contribution >= 4 is 32.7 Å². The van der Waals surface area contributed by atoms with E-state index in [1.54, 1.807) is 0 Å². The topological polar surface area (TPSA) is 105 Å². The molecule has 8 nitrogen and oxygen atoms in total. The Hall–Kier alpha value is -1.90. The largest absolute Gasteiger partial charge is 0.705 e. The number of unbranched alkanes of at least 4 members (excludes halogenated alkanes) is 56. The molecule has 0 bridgehead atoms.